The summed E-state index contributed by atoms with van der Waals surface area (Å²) in [4.78, 5) is 0. The van der Waals surface area contributed by atoms with Gasteiger partial charge in [0.2, 0.25) is 0 Å². The molecule has 0 saturated heterocycles. The third kappa shape index (κ3) is 4.10. The van der Waals surface area contributed by atoms with Crippen molar-refractivity contribution in [2.45, 2.75) is 25.8 Å². The lowest BCUT2D eigenvalue weighted by Gasteiger charge is -2.16. The van der Waals surface area contributed by atoms with Crippen molar-refractivity contribution < 1.29 is 17.9 Å². The lowest BCUT2D eigenvalue weighted by molar-refractivity contribution is -0.217. The molecule has 1 aromatic rings. The topological polar surface area (TPSA) is 9.23 Å². The van der Waals surface area contributed by atoms with E-state index in [1.54, 1.807) is 24.3 Å². The van der Waals surface area contributed by atoms with Gasteiger partial charge < -0.3 is 4.74 Å². The van der Waals surface area contributed by atoms with E-state index < -0.39 is 12.3 Å². The monoisotopic (exact) mass is 238 g/mol. The maximum absolute atomic E-state index is 12.1. The first-order valence-corrected chi connectivity index (χ1v) is 4.70. The largest absolute Gasteiger partial charge is 0.414 e. The molecule has 84 valence electrons. The zero-order valence-corrected chi connectivity index (χ0v) is 8.77. The van der Waals surface area contributed by atoms with E-state index in [1.807, 2.05) is 0 Å². The average Bonchev–Trinajstić information content (AvgIpc) is 2.12. The molecule has 0 aliphatic heterocycles. The van der Waals surface area contributed by atoms with Gasteiger partial charge in [-0.1, -0.05) is 23.7 Å². The molecule has 0 spiro atoms. The van der Waals surface area contributed by atoms with E-state index >= 15 is 0 Å². The summed E-state index contributed by atoms with van der Waals surface area (Å²) in [5.74, 6) is 0. The lowest BCUT2D eigenvalue weighted by Crippen LogP contribution is -2.28. The van der Waals surface area contributed by atoms with Crippen molar-refractivity contribution >= 4 is 11.6 Å². The molecule has 0 amide bonds. The average molecular weight is 239 g/mol. The van der Waals surface area contributed by atoms with E-state index in [1.165, 1.54) is 0 Å². The third-order valence-corrected chi connectivity index (χ3v) is 2.09. The number of rotatable bonds is 3. The van der Waals surface area contributed by atoms with E-state index in [9.17, 15) is 13.2 Å². The second-order valence-electron chi connectivity index (χ2n) is 3.12. The number of ether oxygens (including phenoxy) is 1. The van der Waals surface area contributed by atoms with Crippen LogP contribution in [0.4, 0.5) is 13.2 Å². The summed E-state index contributed by atoms with van der Waals surface area (Å²) < 4.78 is 40.9. The number of hydrogen-bond donors (Lipinski definition) is 0. The molecule has 0 bridgehead atoms. The van der Waals surface area contributed by atoms with Gasteiger partial charge in [-0.05, 0) is 24.6 Å². The van der Waals surface area contributed by atoms with Crippen LogP contribution in [0.2, 0.25) is 5.02 Å². The normalized spacial score (nSPS) is 13.9. The second kappa shape index (κ2) is 4.86. The van der Waals surface area contributed by atoms with Crippen LogP contribution in [0.25, 0.3) is 0 Å². The molecule has 5 heteroatoms. The fourth-order valence-electron chi connectivity index (χ4n) is 0.942. The summed E-state index contributed by atoms with van der Waals surface area (Å²) >= 11 is 5.67. The van der Waals surface area contributed by atoms with Crippen LogP contribution in [-0.4, -0.2) is 12.3 Å². The van der Waals surface area contributed by atoms with E-state index in [0.717, 1.165) is 6.92 Å². The Morgan fingerprint density at radius 3 is 2.60 bits per heavy atom. The zero-order chi connectivity index (χ0) is 11.5. The van der Waals surface area contributed by atoms with Crippen LogP contribution in [0.1, 0.15) is 12.5 Å². The number of alkyl halides is 3. The molecular weight excluding hydrogens is 229 g/mol. The van der Waals surface area contributed by atoms with Crippen LogP contribution >= 0.6 is 11.6 Å². The van der Waals surface area contributed by atoms with Crippen LogP contribution in [0.5, 0.6) is 0 Å². The zero-order valence-electron chi connectivity index (χ0n) is 8.01. The van der Waals surface area contributed by atoms with Crippen molar-refractivity contribution in [1.82, 2.24) is 0 Å². The summed E-state index contributed by atoms with van der Waals surface area (Å²) in [6, 6.07) is 6.55. The summed E-state index contributed by atoms with van der Waals surface area (Å²) in [7, 11) is 0. The first-order valence-electron chi connectivity index (χ1n) is 4.32. The molecule has 0 aromatic heterocycles. The van der Waals surface area contributed by atoms with Gasteiger partial charge in [0.15, 0.2) is 6.10 Å². The highest BCUT2D eigenvalue weighted by atomic mass is 35.5. The third-order valence-electron chi connectivity index (χ3n) is 1.85. The molecule has 1 aromatic carbocycles. The summed E-state index contributed by atoms with van der Waals surface area (Å²) in [6.45, 7) is 0.881. The summed E-state index contributed by atoms with van der Waals surface area (Å²) in [5.41, 5.74) is 0.624. The highest BCUT2D eigenvalue weighted by Crippen LogP contribution is 2.23. The van der Waals surface area contributed by atoms with Crippen LogP contribution in [0.3, 0.4) is 0 Å². The molecule has 15 heavy (non-hydrogen) atoms. The Balaban J connectivity index is 2.51. The number of halogens is 4. The van der Waals surface area contributed by atoms with E-state index in [-0.39, 0.29) is 6.61 Å². The molecule has 1 atom stereocenters. The molecule has 0 heterocycles. The Morgan fingerprint density at radius 2 is 2.07 bits per heavy atom. The molecule has 1 rings (SSSR count). The summed E-state index contributed by atoms with van der Waals surface area (Å²) in [6.07, 6.45) is -6.09. The van der Waals surface area contributed by atoms with Gasteiger partial charge in [0.1, 0.15) is 0 Å². The Bertz CT molecular complexity index is 325. The maximum atomic E-state index is 12.1. The van der Waals surface area contributed by atoms with Crippen molar-refractivity contribution in [2.75, 3.05) is 0 Å². The van der Waals surface area contributed by atoms with Crippen molar-refractivity contribution in [2.24, 2.45) is 0 Å². The fraction of sp³-hybridized carbons (Fsp3) is 0.400. The van der Waals surface area contributed by atoms with Gasteiger partial charge in [-0.3, -0.25) is 0 Å². The Morgan fingerprint density at radius 1 is 1.40 bits per heavy atom. The molecule has 0 aliphatic rings. The standard InChI is InChI=1S/C10H10ClF3O/c1-7(10(12,13)14)15-6-8-3-2-4-9(11)5-8/h2-5,7H,6H2,1H3/t7-/m1/s1. The predicted molar refractivity (Wildman–Crippen MR) is 51.8 cm³/mol. The highest BCUT2D eigenvalue weighted by molar-refractivity contribution is 6.30. The molecule has 0 aliphatic carbocycles. The Kier molecular flexibility index (Phi) is 3.99. The van der Waals surface area contributed by atoms with Gasteiger partial charge in [-0.25, -0.2) is 0 Å². The Labute approximate surface area is 90.8 Å². The summed E-state index contributed by atoms with van der Waals surface area (Å²) in [5, 5.41) is 0.482. The van der Waals surface area contributed by atoms with Crippen LogP contribution in [-0.2, 0) is 11.3 Å². The first kappa shape index (κ1) is 12.3. The minimum atomic E-state index is -4.32. The molecule has 1 nitrogen and oxygen atoms in total. The first-order chi connectivity index (χ1) is 6.89. The molecule has 0 N–H and O–H groups in total. The quantitative estimate of drug-likeness (QED) is 0.778. The molecule has 0 radical (unpaired) electrons. The van der Waals surface area contributed by atoms with Crippen LogP contribution in [0.15, 0.2) is 24.3 Å². The van der Waals surface area contributed by atoms with Gasteiger partial charge in [-0.15, -0.1) is 0 Å². The lowest BCUT2D eigenvalue weighted by atomic mass is 10.2. The van der Waals surface area contributed by atoms with Crippen molar-refractivity contribution in [1.29, 1.82) is 0 Å². The number of hydrogen-bond acceptors (Lipinski definition) is 1. The van der Waals surface area contributed by atoms with Crippen LogP contribution in [0, 0.1) is 0 Å². The molecular formula is C10H10ClF3O. The SMILES string of the molecule is C[C@@H](OCc1cccc(Cl)c1)C(F)(F)F. The second-order valence-corrected chi connectivity index (χ2v) is 3.56. The Hall–Kier alpha value is -0.740. The molecule has 0 unspecified atom stereocenters. The van der Waals surface area contributed by atoms with Crippen molar-refractivity contribution in [3.63, 3.8) is 0 Å². The highest BCUT2D eigenvalue weighted by Gasteiger charge is 2.36. The van der Waals surface area contributed by atoms with Gasteiger partial charge in [-0.2, -0.15) is 13.2 Å². The van der Waals surface area contributed by atoms with Gasteiger partial charge in [0.05, 0.1) is 6.61 Å². The predicted octanol–water partition coefficient (Wildman–Crippen LogP) is 3.81. The van der Waals surface area contributed by atoms with Crippen molar-refractivity contribution in [3.8, 4) is 0 Å². The fourth-order valence-corrected chi connectivity index (χ4v) is 1.16. The maximum Gasteiger partial charge on any atom is 0.414 e. The minimum Gasteiger partial charge on any atom is -0.364 e. The van der Waals surface area contributed by atoms with E-state index in [2.05, 4.69) is 4.74 Å². The van der Waals surface area contributed by atoms with Gasteiger partial charge in [0, 0.05) is 5.02 Å². The van der Waals surface area contributed by atoms with Gasteiger partial charge >= 0.3 is 6.18 Å². The molecule has 0 saturated carbocycles. The minimum absolute atomic E-state index is 0.0960. The van der Waals surface area contributed by atoms with Crippen LogP contribution < -0.4 is 0 Å². The number of benzene rings is 1. The van der Waals surface area contributed by atoms with E-state index in [4.69, 9.17) is 11.6 Å². The van der Waals surface area contributed by atoms with E-state index in [0.29, 0.717) is 10.6 Å². The smallest absolute Gasteiger partial charge is 0.364 e. The molecule has 0 fully saturated rings. The van der Waals surface area contributed by atoms with Crippen molar-refractivity contribution in [3.05, 3.63) is 34.9 Å². The van der Waals surface area contributed by atoms with Gasteiger partial charge in [0.25, 0.3) is 0 Å².